The molecule has 0 aliphatic carbocycles. The van der Waals surface area contributed by atoms with Crippen molar-refractivity contribution < 1.29 is 13.2 Å². The minimum absolute atomic E-state index is 0.0123. The second-order valence-electron chi connectivity index (χ2n) is 6.36. The van der Waals surface area contributed by atoms with Gasteiger partial charge in [0.05, 0.1) is 22.8 Å². The summed E-state index contributed by atoms with van der Waals surface area (Å²) in [6, 6.07) is 12.6. The lowest BCUT2D eigenvalue weighted by Gasteiger charge is -2.26. The maximum atomic E-state index is 12.7. The van der Waals surface area contributed by atoms with Crippen LogP contribution in [-0.2, 0) is 10.0 Å². The lowest BCUT2D eigenvalue weighted by atomic mass is 10.1. The zero-order valence-electron chi connectivity index (χ0n) is 15.8. The van der Waals surface area contributed by atoms with E-state index in [0.717, 1.165) is 5.56 Å². The van der Waals surface area contributed by atoms with E-state index in [-0.39, 0.29) is 10.9 Å². The number of sulfonamides is 1. The van der Waals surface area contributed by atoms with Gasteiger partial charge in [-0.15, -0.1) is 0 Å². The predicted molar refractivity (Wildman–Crippen MR) is 112 cm³/mol. The van der Waals surface area contributed by atoms with Gasteiger partial charge in [-0.3, -0.25) is 9.82 Å². The van der Waals surface area contributed by atoms with E-state index in [1.807, 2.05) is 25.1 Å². The summed E-state index contributed by atoms with van der Waals surface area (Å²) in [5, 5.41) is 9.52. The molecule has 3 rings (SSSR count). The van der Waals surface area contributed by atoms with Crippen LogP contribution in [-0.4, -0.2) is 36.6 Å². The van der Waals surface area contributed by atoms with Crippen molar-refractivity contribution in [1.82, 2.24) is 15.1 Å². The quantitative estimate of drug-likeness (QED) is 0.544. The average molecular weight is 434 g/mol. The van der Waals surface area contributed by atoms with Gasteiger partial charge < -0.3 is 10.2 Å². The number of carbonyl (C=O) groups is 1. The molecule has 1 heterocycles. The van der Waals surface area contributed by atoms with E-state index in [4.69, 9.17) is 11.6 Å². The highest BCUT2D eigenvalue weighted by molar-refractivity contribution is 7.92. The lowest BCUT2D eigenvalue weighted by molar-refractivity contribution is 0.208. The second-order valence-corrected chi connectivity index (χ2v) is 8.45. The molecule has 0 aliphatic heterocycles. The fourth-order valence-corrected chi connectivity index (χ4v) is 4.05. The minimum atomic E-state index is -3.82. The number of carbonyl (C=O) groups excluding carboxylic acids is 1. The highest BCUT2D eigenvalue weighted by Crippen LogP contribution is 2.27. The van der Waals surface area contributed by atoms with Crippen LogP contribution >= 0.6 is 11.6 Å². The number of benzene rings is 2. The molecule has 0 spiro atoms. The third kappa shape index (κ3) is 4.87. The first-order valence-corrected chi connectivity index (χ1v) is 10.5. The molecule has 0 fully saturated rings. The number of urea groups is 1. The summed E-state index contributed by atoms with van der Waals surface area (Å²) < 4.78 is 27.4. The van der Waals surface area contributed by atoms with E-state index < -0.39 is 16.1 Å². The summed E-state index contributed by atoms with van der Waals surface area (Å²) in [6.07, 6.45) is 2.78. The summed E-state index contributed by atoms with van der Waals surface area (Å²) in [7, 11) is -2.18. The molecular weight excluding hydrogens is 414 g/mol. The normalized spacial score (nSPS) is 12.2. The van der Waals surface area contributed by atoms with Crippen LogP contribution in [0.25, 0.3) is 0 Å². The molecule has 1 atom stereocenters. The van der Waals surface area contributed by atoms with Gasteiger partial charge in [-0.05, 0) is 36.8 Å². The summed E-state index contributed by atoms with van der Waals surface area (Å²) in [4.78, 5) is 14.2. The van der Waals surface area contributed by atoms with Crippen LogP contribution in [0.15, 0.2) is 65.8 Å². The third-order valence-electron chi connectivity index (χ3n) is 4.40. The van der Waals surface area contributed by atoms with Crippen LogP contribution in [0.4, 0.5) is 16.2 Å². The monoisotopic (exact) mass is 433 g/mol. The number of aromatic amines is 1. The number of anilines is 2. The van der Waals surface area contributed by atoms with Crippen molar-refractivity contribution >= 4 is 39.0 Å². The van der Waals surface area contributed by atoms with Gasteiger partial charge in [-0.25, -0.2) is 13.2 Å². The number of hydrogen-bond donors (Lipinski definition) is 3. The molecule has 2 amide bonds. The Morgan fingerprint density at radius 1 is 1.17 bits per heavy atom. The van der Waals surface area contributed by atoms with Gasteiger partial charge in [0.2, 0.25) is 0 Å². The topological polar surface area (TPSA) is 107 Å². The number of aromatic nitrogens is 2. The fraction of sp³-hybridized carbons (Fsp3) is 0.158. The Balaban J connectivity index is 1.74. The molecule has 3 N–H and O–H groups in total. The lowest BCUT2D eigenvalue weighted by Crippen LogP contribution is -2.33. The Morgan fingerprint density at radius 3 is 2.62 bits per heavy atom. The molecule has 10 heteroatoms. The number of nitrogens with one attached hydrogen (secondary N) is 3. The van der Waals surface area contributed by atoms with Crippen molar-refractivity contribution in [1.29, 1.82) is 0 Å². The smallest absolute Gasteiger partial charge is 0.321 e. The zero-order chi connectivity index (χ0) is 21.0. The van der Waals surface area contributed by atoms with E-state index in [1.54, 1.807) is 25.2 Å². The molecule has 0 aliphatic rings. The van der Waals surface area contributed by atoms with Crippen molar-refractivity contribution in [2.24, 2.45) is 0 Å². The van der Waals surface area contributed by atoms with Crippen molar-refractivity contribution in [2.45, 2.75) is 17.9 Å². The first-order chi connectivity index (χ1) is 13.8. The fourth-order valence-electron chi connectivity index (χ4n) is 2.67. The molecule has 0 unspecified atom stereocenters. The van der Waals surface area contributed by atoms with E-state index in [1.165, 1.54) is 29.4 Å². The zero-order valence-corrected chi connectivity index (χ0v) is 17.3. The highest BCUT2D eigenvalue weighted by Gasteiger charge is 2.20. The van der Waals surface area contributed by atoms with E-state index >= 15 is 0 Å². The van der Waals surface area contributed by atoms with Crippen molar-refractivity contribution in [3.8, 4) is 0 Å². The van der Waals surface area contributed by atoms with E-state index in [0.29, 0.717) is 16.4 Å². The molecule has 0 bridgehead atoms. The predicted octanol–water partition coefficient (Wildman–Crippen LogP) is 4.09. The Bertz CT molecular complexity index is 1100. The first kappa shape index (κ1) is 20.7. The Labute approximate surface area is 173 Å². The largest absolute Gasteiger partial charge is 0.322 e. The molecule has 29 heavy (non-hydrogen) atoms. The van der Waals surface area contributed by atoms with Gasteiger partial charge in [-0.1, -0.05) is 35.9 Å². The molecule has 0 saturated heterocycles. The SMILES string of the molecule is C[C@@H](c1ccccc1Cl)N(C)C(=O)Nc1cccc(S(=O)(=O)Nc2cn[nH]c2)c1. The minimum Gasteiger partial charge on any atom is -0.321 e. The number of H-pyrrole nitrogens is 1. The molecule has 1 aromatic heterocycles. The van der Waals surface area contributed by atoms with Crippen LogP contribution in [0.5, 0.6) is 0 Å². The molecule has 152 valence electrons. The average Bonchev–Trinajstić information content (AvgIpc) is 3.19. The van der Waals surface area contributed by atoms with Crippen LogP contribution in [0.2, 0.25) is 5.02 Å². The van der Waals surface area contributed by atoms with Crippen molar-refractivity contribution in [2.75, 3.05) is 17.1 Å². The number of nitrogens with zero attached hydrogens (tertiary/aromatic N) is 2. The molecule has 0 radical (unpaired) electrons. The number of hydrogen-bond acceptors (Lipinski definition) is 4. The number of amides is 2. The third-order valence-corrected chi connectivity index (χ3v) is 6.13. The maximum absolute atomic E-state index is 12.7. The van der Waals surface area contributed by atoms with Gasteiger partial charge in [0.15, 0.2) is 0 Å². The van der Waals surface area contributed by atoms with E-state index in [9.17, 15) is 13.2 Å². The number of rotatable bonds is 6. The summed E-state index contributed by atoms with van der Waals surface area (Å²) in [5.74, 6) is 0. The molecule has 3 aromatic rings. The van der Waals surface area contributed by atoms with Gasteiger partial charge in [0.25, 0.3) is 10.0 Å². The second kappa shape index (κ2) is 8.54. The standard InChI is InChI=1S/C19H20ClN5O3S/c1-13(17-8-3-4-9-18(17)20)25(2)19(26)23-14-6-5-7-16(10-14)29(27,28)24-15-11-21-22-12-15/h3-13,24H,1-2H3,(H,21,22)(H,23,26)/t13-/m0/s1. The van der Waals surface area contributed by atoms with Crippen LogP contribution in [0.3, 0.4) is 0 Å². The van der Waals surface area contributed by atoms with Crippen LogP contribution in [0, 0.1) is 0 Å². The summed E-state index contributed by atoms with van der Waals surface area (Å²) in [5.41, 5.74) is 1.48. The summed E-state index contributed by atoms with van der Waals surface area (Å²) >= 11 is 6.22. The van der Waals surface area contributed by atoms with Crippen LogP contribution in [0.1, 0.15) is 18.5 Å². The van der Waals surface area contributed by atoms with Gasteiger partial charge in [0.1, 0.15) is 0 Å². The molecule has 2 aromatic carbocycles. The molecular formula is C19H20ClN5O3S. The van der Waals surface area contributed by atoms with Crippen molar-refractivity contribution in [3.63, 3.8) is 0 Å². The Morgan fingerprint density at radius 2 is 1.93 bits per heavy atom. The number of halogens is 1. The Hall–Kier alpha value is -3.04. The van der Waals surface area contributed by atoms with Gasteiger partial charge in [-0.2, -0.15) is 5.10 Å². The summed E-state index contributed by atoms with van der Waals surface area (Å²) in [6.45, 7) is 1.86. The highest BCUT2D eigenvalue weighted by atomic mass is 35.5. The molecule has 8 nitrogen and oxygen atoms in total. The maximum Gasteiger partial charge on any atom is 0.322 e. The van der Waals surface area contributed by atoms with Crippen molar-refractivity contribution in [3.05, 3.63) is 71.5 Å². The molecule has 0 saturated carbocycles. The van der Waals surface area contributed by atoms with Gasteiger partial charge in [0, 0.05) is 24.0 Å². The Kier molecular flexibility index (Phi) is 6.09. The van der Waals surface area contributed by atoms with Crippen LogP contribution < -0.4 is 10.0 Å². The van der Waals surface area contributed by atoms with E-state index in [2.05, 4.69) is 20.2 Å². The first-order valence-electron chi connectivity index (χ1n) is 8.68. The van der Waals surface area contributed by atoms with Gasteiger partial charge >= 0.3 is 6.03 Å².